The summed E-state index contributed by atoms with van der Waals surface area (Å²) in [4.78, 5) is 26.0. The number of carboxylic acid groups (broad SMARTS) is 1. The number of alkyl halides is 3. The normalized spacial score (nSPS) is 12.0. The first-order valence-electron chi connectivity index (χ1n) is 12.1. The molecule has 2 amide bonds. The third kappa shape index (κ3) is 9.63. The molecule has 2 rings (SSSR count). The van der Waals surface area contributed by atoms with Crippen LogP contribution < -0.4 is 15.6 Å². The topological polar surface area (TPSA) is 94.0 Å². The van der Waals surface area contributed by atoms with Gasteiger partial charge in [-0.3, -0.25) is 0 Å². The molecular weight excluding hydrogens is 485 g/mol. The fraction of sp³-hybridized carbons (Fsp3) is 0.370. The highest BCUT2D eigenvalue weighted by atomic mass is 19.4. The number of hydrazone groups is 1. The van der Waals surface area contributed by atoms with E-state index in [1.807, 2.05) is 12.1 Å². The average Bonchev–Trinajstić information content (AvgIpc) is 2.84. The molecule has 0 fully saturated rings. The van der Waals surface area contributed by atoms with Crippen molar-refractivity contribution >= 4 is 35.2 Å². The van der Waals surface area contributed by atoms with Crippen LogP contribution in [-0.4, -0.2) is 36.4 Å². The third-order valence-corrected chi connectivity index (χ3v) is 5.56. The second-order valence-electron chi connectivity index (χ2n) is 8.54. The number of carboxylic acids is 1. The van der Waals surface area contributed by atoms with Crippen molar-refractivity contribution in [2.75, 3.05) is 23.3 Å². The minimum atomic E-state index is -4.43. The molecule has 0 radical (unpaired) electrons. The molecule has 0 aliphatic carbocycles. The van der Waals surface area contributed by atoms with Gasteiger partial charge < -0.3 is 15.3 Å². The van der Waals surface area contributed by atoms with Crippen LogP contribution in [0.1, 0.15) is 63.1 Å². The molecule has 7 nitrogen and oxygen atoms in total. The summed E-state index contributed by atoms with van der Waals surface area (Å²) in [7, 11) is 0. The minimum absolute atomic E-state index is 0.385. The molecule has 0 aliphatic rings. The Morgan fingerprint density at radius 2 is 1.65 bits per heavy atom. The van der Waals surface area contributed by atoms with Gasteiger partial charge in [-0.25, -0.2) is 15.0 Å². The molecule has 200 valence electrons. The molecule has 0 saturated carbocycles. The van der Waals surface area contributed by atoms with E-state index in [9.17, 15) is 22.8 Å². The van der Waals surface area contributed by atoms with Crippen molar-refractivity contribution in [3.8, 4) is 0 Å². The number of amides is 2. The zero-order chi connectivity index (χ0) is 27.4. The van der Waals surface area contributed by atoms with Gasteiger partial charge in [-0.05, 0) is 60.7 Å². The maximum Gasteiger partial charge on any atom is 0.416 e. The number of hydrogen-bond acceptors (Lipinski definition) is 4. The number of carbonyl (C=O) groups is 2. The fourth-order valence-corrected chi connectivity index (χ4v) is 3.55. The SMILES string of the molecule is CCCCN(CCCC)c1ccc(/C(C)=C/C(=O)O)cc1NC(=O)N/N=C/c1ccc(C(F)(F)F)cc1. The number of aliphatic carboxylic acids is 1. The van der Waals surface area contributed by atoms with Gasteiger partial charge in [0.1, 0.15) is 0 Å². The van der Waals surface area contributed by atoms with E-state index in [0.717, 1.165) is 62.7 Å². The molecule has 0 aliphatic heterocycles. The Labute approximate surface area is 215 Å². The van der Waals surface area contributed by atoms with Crippen LogP contribution in [0.2, 0.25) is 0 Å². The zero-order valence-electron chi connectivity index (χ0n) is 21.2. The molecule has 0 aromatic heterocycles. The van der Waals surface area contributed by atoms with Crippen LogP contribution in [0.25, 0.3) is 5.57 Å². The Hall–Kier alpha value is -3.82. The lowest BCUT2D eigenvalue weighted by Gasteiger charge is -2.27. The lowest BCUT2D eigenvalue weighted by molar-refractivity contribution is -0.137. The lowest BCUT2D eigenvalue weighted by atomic mass is 10.0. The van der Waals surface area contributed by atoms with Crippen molar-refractivity contribution in [1.29, 1.82) is 0 Å². The van der Waals surface area contributed by atoms with Crippen LogP contribution in [0.4, 0.5) is 29.3 Å². The van der Waals surface area contributed by atoms with Gasteiger partial charge >= 0.3 is 18.2 Å². The first kappa shape index (κ1) is 29.4. The number of unbranched alkanes of at least 4 members (excludes halogenated alkanes) is 2. The highest BCUT2D eigenvalue weighted by Crippen LogP contribution is 2.31. The Balaban J connectivity index is 2.26. The molecule has 0 bridgehead atoms. The zero-order valence-corrected chi connectivity index (χ0v) is 21.2. The number of carbonyl (C=O) groups excluding carboxylic acids is 1. The summed E-state index contributed by atoms with van der Waals surface area (Å²) >= 11 is 0. The summed E-state index contributed by atoms with van der Waals surface area (Å²) in [5.41, 5.74) is 4.40. The van der Waals surface area contributed by atoms with Crippen molar-refractivity contribution < 1.29 is 27.9 Å². The molecule has 2 aromatic rings. The molecule has 0 spiro atoms. The largest absolute Gasteiger partial charge is 0.478 e. The van der Waals surface area contributed by atoms with Crippen molar-refractivity contribution in [3.05, 3.63) is 65.2 Å². The number of benzene rings is 2. The number of nitrogens with zero attached hydrogens (tertiary/aromatic N) is 2. The van der Waals surface area contributed by atoms with Crippen molar-refractivity contribution in [1.82, 2.24) is 5.43 Å². The number of allylic oxidation sites excluding steroid dienone is 1. The molecular formula is C27H33F3N4O3. The number of halogens is 3. The van der Waals surface area contributed by atoms with E-state index in [0.29, 0.717) is 22.4 Å². The summed E-state index contributed by atoms with van der Waals surface area (Å²) < 4.78 is 38.1. The van der Waals surface area contributed by atoms with Crippen LogP contribution in [0.15, 0.2) is 53.6 Å². The number of rotatable bonds is 12. The van der Waals surface area contributed by atoms with Crippen LogP contribution in [0, 0.1) is 0 Å². The Morgan fingerprint density at radius 3 is 2.19 bits per heavy atom. The van der Waals surface area contributed by atoms with Crippen molar-refractivity contribution in [2.45, 2.75) is 52.6 Å². The molecule has 0 heterocycles. The maximum atomic E-state index is 12.7. The first-order valence-corrected chi connectivity index (χ1v) is 12.1. The first-order chi connectivity index (χ1) is 17.5. The van der Waals surface area contributed by atoms with E-state index in [1.54, 1.807) is 13.0 Å². The Morgan fingerprint density at radius 1 is 1.03 bits per heavy atom. The summed E-state index contributed by atoms with van der Waals surface area (Å²) in [6.45, 7) is 7.46. The van der Waals surface area contributed by atoms with Crippen LogP contribution in [-0.2, 0) is 11.0 Å². The monoisotopic (exact) mass is 518 g/mol. The minimum Gasteiger partial charge on any atom is -0.478 e. The molecule has 0 atom stereocenters. The second-order valence-corrected chi connectivity index (χ2v) is 8.54. The predicted octanol–water partition coefficient (Wildman–Crippen LogP) is 6.76. The summed E-state index contributed by atoms with van der Waals surface area (Å²) in [6.07, 6.45) is 1.84. The fourth-order valence-electron chi connectivity index (χ4n) is 3.55. The van der Waals surface area contributed by atoms with E-state index >= 15 is 0 Å². The van der Waals surface area contributed by atoms with E-state index in [2.05, 4.69) is 34.6 Å². The highest BCUT2D eigenvalue weighted by Gasteiger charge is 2.29. The smallest absolute Gasteiger partial charge is 0.416 e. The Kier molecular flexibility index (Phi) is 11.2. The Bertz CT molecular complexity index is 1100. The van der Waals surface area contributed by atoms with E-state index < -0.39 is 23.7 Å². The molecule has 3 N–H and O–H groups in total. The van der Waals surface area contributed by atoms with Crippen molar-refractivity contribution in [3.63, 3.8) is 0 Å². The summed E-state index contributed by atoms with van der Waals surface area (Å²) in [5, 5.41) is 15.7. The standard InChI is InChI=1S/C27H33F3N4O3/c1-4-6-14-34(15-7-5-2)24-13-10-21(19(3)16-25(35)36)17-23(24)32-26(37)33-31-18-20-8-11-22(12-9-20)27(28,29)30/h8-13,16-18H,4-7,14-15H2,1-3H3,(H,35,36)(H2,32,33,37)/b19-16+,31-18+. The van der Waals surface area contributed by atoms with Gasteiger partial charge in [-0.2, -0.15) is 18.3 Å². The molecule has 10 heteroatoms. The quantitative estimate of drug-likeness (QED) is 0.164. The van der Waals surface area contributed by atoms with Gasteiger partial charge in [-0.15, -0.1) is 0 Å². The molecule has 2 aromatic carbocycles. The van der Waals surface area contributed by atoms with Gasteiger partial charge in [0.2, 0.25) is 0 Å². The van der Waals surface area contributed by atoms with Crippen molar-refractivity contribution in [2.24, 2.45) is 5.10 Å². The van der Waals surface area contributed by atoms with Crippen LogP contribution >= 0.6 is 0 Å². The third-order valence-electron chi connectivity index (χ3n) is 5.56. The molecule has 0 saturated heterocycles. The predicted molar refractivity (Wildman–Crippen MR) is 141 cm³/mol. The van der Waals surface area contributed by atoms with Crippen LogP contribution in [0.3, 0.4) is 0 Å². The lowest BCUT2D eigenvalue weighted by Crippen LogP contribution is -2.29. The van der Waals surface area contributed by atoms with Gasteiger partial charge in [0.05, 0.1) is 23.2 Å². The van der Waals surface area contributed by atoms with E-state index in [4.69, 9.17) is 5.11 Å². The van der Waals surface area contributed by atoms with Gasteiger partial charge in [0.25, 0.3) is 0 Å². The van der Waals surface area contributed by atoms with Crippen LogP contribution in [0.5, 0.6) is 0 Å². The van der Waals surface area contributed by atoms with Gasteiger partial charge in [0, 0.05) is 19.2 Å². The highest BCUT2D eigenvalue weighted by molar-refractivity contribution is 5.96. The number of nitrogens with one attached hydrogen (secondary N) is 2. The van der Waals surface area contributed by atoms with E-state index in [1.165, 1.54) is 18.3 Å². The summed E-state index contributed by atoms with van der Waals surface area (Å²) in [6, 6.07) is 9.14. The van der Waals surface area contributed by atoms with E-state index in [-0.39, 0.29) is 0 Å². The number of urea groups is 1. The van der Waals surface area contributed by atoms with Gasteiger partial charge in [0.15, 0.2) is 0 Å². The maximum absolute atomic E-state index is 12.7. The molecule has 37 heavy (non-hydrogen) atoms. The number of anilines is 2. The molecule has 0 unspecified atom stereocenters. The summed E-state index contributed by atoms with van der Waals surface area (Å²) in [5.74, 6) is -1.07. The van der Waals surface area contributed by atoms with Gasteiger partial charge in [-0.1, -0.05) is 44.9 Å². The second kappa shape index (κ2) is 14.1. The number of hydrogen-bond donors (Lipinski definition) is 3. The average molecular weight is 519 g/mol.